The first-order valence-corrected chi connectivity index (χ1v) is 10.6. The number of β-lactam (4-membered cyclic amide) rings is 1. The molecule has 1 aromatic carbocycles. The summed E-state index contributed by atoms with van der Waals surface area (Å²) < 4.78 is 0. The fourth-order valence-electron chi connectivity index (χ4n) is 5.07. The minimum absolute atomic E-state index is 0.0223. The minimum Gasteiger partial charge on any atom is -0.374 e. The molecule has 1 aliphatic carbocycles. The molecule has 5 heteroatoms. The fourth-order valence-corrected chi connectivity index (χ4v) is 5.07. The van der Waals surface area contributed by atoms with Crippen molar-refractivity contribution in [2.24, 2.45) is 5.92 Å². The number of hydrogen-bond donors (Lipinski definition) is 2. The number of likely N-dealkylation sites (tertiary alicyclic amines) is 1. The smallest absolute Gasteiger partial charge is 0.262 e. The molecular weight excluding hydrogens is 352 g/mol. The number of aliphatic hydroxyl groups is 1. The lowest BCUT2D eigenvalue weighted by Gasteiger charge is -2.61. The number of carbonyl (C=O) groups is 2. The van der Waals surface area contributed by atoms with E-state index in [0.29, 0.717) is 17.0 Å². The SMILES string of the molecule is CC(C)N1C(=O)C(O)(c2ccc(C(=O)N[C@H](C)C3CCCCC3)cc2)C1(C)C. The van der Waals surface area contributed by atoms with E-state index in [2.05, 4.69) is 12.2 Å². The first kappa shape index (κ1) is 20.8. The summed E-state index contributed by atoms with van der Waals surface area (Å²) in [5.74, 6) is 0.170. The molecule has 1 aliphatic heterocycles. The van der Waals surface area contributed by atoms with Crippen molar-refractivity contribution in [3.05, 3.63) is 35.4 Å². The largest absolute Gasteiger partial charge is 0.374 e. The molecule has 1 saturated carbocycles. The van der Waals surface area contributed by atoms with Crippen LogP contribution in [0, 0.1) is 5.92 Å². The first-order valence-electron chi connectivity index (χ1n) is 10.6. The van der Waals surface area contributed by atoms with Gasteiger partial charge in [-0.3, -0.25) is 9.59 Å². The average Bonchev–Trinajstić information content (AvgIpc) is 2.67. The van der Waals surface area contributed by atoms with E-state index in [1.807, 2.05) is 27.7 Å². The molecule has 28 heavy (non-hydrogen) atoms. The van der Waals surface area contributed by atoms with Crippen LogP contribution in [-0.2, 0) is 10.4 Å². The van der Waals surface area contributed by atoms with Crippen molar-refractivity contribution in [1.82, 2.24) is 10.2 Å². The zero-order valence-electron chi connectivity index (χ0n) is 17.8. The van der Waals surface area contributed by atoms with Gasteiger partial charge in [0.15, 0.2) is 5.60 Å². The van der Waals surface area contributed by atoms with Crippen LogP contribution >= 0.6 is 0 Å². The van der Waals surface area contributed by atoms with Crippen LogP contribution in [0.5, 0.6) is 0 Å². The van der Waals surface area contributed by atoms with E-state index in [9.17, 15) is 14.7 Å². The standard InChI is InChI=1S/C23H34N2O3/c1-15(2)25-21(27)23(28,22(25,4)5)19-13-11-18(12-14-19)20(26)24-16(3)17-9-7-6-8-10-17/h11-17,28H,6-10H2,1-5H3,(H,24,26)/t16-,23?/m1/s1. The predicted molar refractivity (Wildman–Crippen MR) is 110 cm³/mol. The zero-order chi connectivity index (χ0) is 20.7. The highest BCUT2D eigenvalue weighted by Crippen LogP contribution is 2.49. The van der Waals surface area contributed by atoms with Crippen LogP contribution in [0.1, 0.15) is 82.6 Å². The second-order valence-electron chi connectivity index (χ2n) is 9.28. The Morgan fingerprint density at radius 1 is 1.11 bits per heavy atom. The van der Waals surface area contributed by atoms with E-state index in [-0.39, 0.29) is 23.9 Å². The van der Waals surface area contributed by atoms with Gasteiger partial charge in [0.05, 0.1) is 5.54 Å². The lowest BCUT2D eigenvalue weighted by molar-refractivity contribution is -0.221. The normalized spacial score (nSPS) is 26.1. The lowest BCUT2D eigenvalue weighted by atomic mass is 9.66. The molecule has 2 amide bonds. The third kappa shape index (κ3) is 3.24. The van der Waals surface area contributed by atoms with Gasteiger partial charge in [-0.1, -0.05) is 31.4 Å². The van der Waals surface area contributed by atoms with Crippen molar-refractivity contribution in [2.75, 3.05) is 0 Å². The average molecular weight is 387 g/mol. The molecule has 2 aliphatic rings. The molecule has 1 heterocycles. The van der Waals surface area contributed by atoms with Gasteiger partial charge in [0.2, 0.25) is 0 Å². The third-order valence-electron chi connectivity index (χ3n) is 6.81. The number of amides is 2. The molecule has 0 radical (unpaired) electrons. The summed E-state index contributed by atoms with van der Waals surface area (Å²) in [7, 11) is 0. The number of nitrogens with zero attached hydrogens (tertiary/aromatic N) is 1. The summed E-state index contributed by atoms with van der Waals surface area (Å²) in [6.45, 7) is 9.73. The van der Waals surface area contributed by atoms with Crippen molar-refractivity contribution in [2.45, 2.75) is 89.9 Å². The summed E-state index contributed by atoms with van der Waals surface area (Å²) in [5, 5.41) is 14.3. The Morgan fingerprint density at radius 2 is 1.68 bits per heavy atom. The molecule has 0 bridgehead atoms. The van der Waals surface area contributed by atoms with Crippen LogP contribution in [0.2, 0.25) is 0 Å². The Kier molecular flexibility index (Phi) is 5.59. The highest BCUT2D eigenvalue weighted by Gasteiger charge is 2.67. The molecule has 0 spiro atoms. The molecule has 2 fully saturated rings. The third-order valence-corrected chi connectivity index (χ3v) is 6.81. The van der Waals surface area contributed by atoms with E-state index in [1.54, 1.807) is 29.2 Å². The predicted octanol–water partition coefficient (Wildman–Crippen LogP) is 3.60. The number of carbonyl (C=O) groups excluding carboxylic acids is 2. The van der Waals surface area contributed by atoms with E-state index in [0.717, 1.165) is 0 Å². The molecule has 0 aromatic heterocycles. The summed E-state index contributed by atoms with van der Waals surface area (Å²) in [4.78, 5) is 27.0. The van der Waals surface area contributed by atoms with Crippen molar-refractivity contribution in [3.8, 4) is 0 Å². The van der Waals surface area contributed by atoms with Crippen LogP contribution in [0.4, 0.5) is 0 Å². The highest BCUT2D eigenvalue weighted by atomic mass is 16.3. The Hall–Kier alpha value is -1.88. The maximum absolute atomic E-state index is 12.7. The van der Waals surface area contributed by atoms with Gasteiger partial charge < -0.3 is 15.3 Å². The maximum Gasteiger partial charge on any atom is 0.262 e. The van der Waals surface area contributed by atoms with Crippen LogP contribution < -0.4 is 5.32 Å². The summed E-state index contributed by atoms with van der Waals surface area (Å²) >= 11 is 0. The number of nitrogens with one attached hydrogen (secondary N) is 1. The Bertz CT molecular complexity index is 735. The summed E-state index contributed by atoms with van der Waals surface area (Å²) in [6.07, 6.45) is 6.14. The minimum atomic E-state index is -1.55. The number of rotatable bonds is 5. The van der Waals surface area contributed by atoms with Gasteiger partial charge in [-0.05, 0) is 71.1 Å². The topological polar surface area (TPSA) is 69.6 Å². The highest BCUT2D eigenvalue weighted by molar-refractivity contribution is 5.97. The number of hydrogen-bond acceptors (Lipinski definition) is 3. The van der Waals surface area contributed by atoms with Crippen LogP contribution in [0.15, 0.2) is 24.3 Å². The Labute approximate surface area is 168 Å². The molecule has 154 valence electrons. The molecule has 3 rings (SSSR count). The van der Waals surface area contributed by atoms with Crippen molar-refractivity contribution >= 4 is 11.8 Å². The van der Waals surface area contributed by atoms with Crippen LogP contribution in [0.25, 0.3) is 0 Å². The molecular formula is C23H34N2O3. The molecule has 1 aromatic rings. The Morgan fingerprint density at radius 3 is 2.18 bits per heavy atom. The molecule has 2 N–H and O–H groups in total. The summed E-state index contributed by atoms with van der Waals surface area (Å²) in [5.41, 5.74) is -1.16. The monoisotopic (exact) mass is 386 g/mol. The van der Waals surface area contributed by atoms with Crippen molar-refractivity contribution in [3.63, 3.8) is 0 Å². The second-order valence-corrected chi connectivity index (χ2v) is 9.28. The summed E-state index contributed by atoms with van der Waals surface area (Å²) in [6, 6.07) is 7.00. The van der Waals surface area contributed by atoms with Gasteiger partial charge in [0.25, 0.3) is 11.8 Å². The van der Waals surface area contributed by atoms with E-state index in [1.165, 1.54) is 32.1 Å². The Balaban J connectivity index is 1.71. The van der Waals surface area contributed by atoms with Crippen LogP contribution in [0.3, 0.4) is 0 Å². The second kappa shape index (κ2) is 7.51. The van der Waals surface area contributed by atoms with Gasteiger partial charge in [-0.25, -0.2) is 0 Å². The van der Waals surface area contributed by atoms with Gasteiger partial charge >= 0.3 is 0 Å². The van der Waals surface area contributed by atoms with Gasteiger partial charge in [0.1, 0.15) is 0 Å². The van der Waals surface area contributed by atoms with Crippen molar-refractivity contribution < 1.29 is 14.7 Å². The maximum atomic E-state index is 12.7. The molecule has 2 atom stereocenters. The fraction of sp³-hybridized carbons (Fsp3) is 0.652. The van der Waals surface area contributed by atoms with Gasteiger partial charge in [0, 0.05) is 17.6 Å². The van der Waals surface area contributed by atoms with Crippen LogP contribution in [-0.4, -0.2) is 39.4 Å². The molecule has 5 nitrogen and oxygen atoms in total. The molecule has 1 unspecified atom stereocenters. The molecule has 1 saturated heterocycles. The van der Waals surface area contributed by atoms with Gasteiger partial charge in [-0.2, -0.15) is 0 Å². The van der Waals surface area contributed by atoms with E-state index in [4.69, 9.17) is 0 Å². The van der Waals surface area contributed by atoms with Gasteiger partial charge in [-0.15, -0.1) is 0 Å². The zero-order valence-corrected chi connectivity index (χ0v) is 17.8. The van der Waals surface area contributed by atoms with E-state index < -0.39 is 11.1 Å². The van der Waals surface area contributed by atoms with E-state index >= 15 is 0 Å². The van der Waals surface area contributed by atoms with Crippen molar-refractivity contribution in [1.29, 1.82) is 0 Å². The first-order chi connectivity index (χ1) is 13.1. The number of benzene rings is 1. The lowest BCUT2D eigenvalue weighted by Crippen LogP contribution is -2.79. The quantitative estimate of drug-likeness (QED) is 0.760.